The molecule has 0 spiro atoms. The molecule has 5 N–H and O–H groups in total. The molecule has 0 aliphatic rings. The predicted molar refractivity (Wildman–Crippen MR) is 237 cm³/mol. The molecule has 4 amide bonds. The number of thiazole rings is 2. The number of phosphoric acid groups is 1. The van der Waals surface area contributed by atoms with Gasteiger partial charge in [0.05, 0.1) is 46.7 Å². The highest BCUT2D eigenvalue weighted by Crippen LogP contribution is 2.39. The van der Waals surface area contributed by atoms with Gasteiger partial charge in [-0.25, -0.2) is 19.1 Å². The number of ether oxygens (including phenoxy) is 2. The summed E-state index contributed by atoms with van der Waals surface area (Å²) in [7, 11) is -3.19. The van der Waals surface area contributed by atoms with Crippen molar-refractivity contribution in [2.75, 3.05) is 13.7 Å². The van der Waals surface area contributed by atoms with E-state index in [1.54, 1.807) is 32.6 Å². The Hall–Kier alpha value is -4.71. The number of alkyl carbamates (subject to hydrolysis) is 1. The number of esters is 1. The summed E-state index contributed by atoms with van der Waals surface area (Å²) < 4.78 is 28.0. The first-order valence-corrected chi connectivity index (χ1v) is 23.6. The molecule has 0 saturated carbocycles. The Morgan fingerprint density at radius 1 is 0.903 bits per heavy atom. The first-order chi connectivity index (χ1) is 29.3. The monoisotopic (exact) mass is 914 g/mol. The van der Waals surface area contributed by atoms with Gasteiger partial charge in [0.15, 0.2) is 0 Å². The van der Waals surface area contributed by atoms with Crippen LogP contribution in [0.3, 0.4) is 0 Å². The standard InChI is InChI=1S/C43H59N6O10PS2/c1-28(2)38(48-41(52)49(7)23-33-25-61-40(46-33)29(3)4)39(51)45-32(18-30-14-10-8-11-15-30)20-36(59-37(50)21-43(5,6)26-58-60(54,55)56)35(19-31-16-12-9-13-17-31)47-42(53)57-24-34-22-44-27-62-34/h8-17,22,25,27-29,32,35-36,38H,18-21,23-24,26H2,1-7H3,(H,45,51)(H,47,53)(H,48,52)(H2,54,55,56)/t32-,35-,36-,38-/m0/s1. The second kappa shape index (κ2) is 23.7. The van der Waals surface area contributed by atoms with Crippen LogP contribution in [0.1, 0.15) is 87.0 Å². The molecule has 4 aromatic rings. The molecule has 0 saturated heterocycles. The molecule has 0 bridgehead atoms. The lowest BCUT2D eigenvalue weighted by molar-refractivity contribution is -0.154. The van der Waals surface area contributed by atoms with Crippen molar-refractivity contribution in [2.45, 2.75) is 111 Å². The highest BCUT2D eigenvalue weighted by atomic mass is 32.1. The van der Waals surface area contributed by atoms with Crippen LogP contribution in [0.5, 0.6) is 0 Å². The number of rotatable bonds is 23. The molecular weight excluding hydrogens is 856 g/mol. The molecule has 62 heavy (non-hydrogen) atoms. The van der Waals surface area contributed by atoms with Crippen molar-refractivity contribution in [3.05, 3.63) is 104 Å². The lowest BCUT2D eigenvalue weighted by Crippen LogP contribution is -2.56. The van der Waals surface area contributed by atoms with Gasteiger partial charge >= 0.3 is 25.9 Å². The van der Waals surface area contributed by atoms with Crippen LogP contribution in [-0.2, 0) is 54.1 Å². The molecule has 2 aromatic heterocycles. The third kappa shape index (κ3) is 17.6. The summed E-state index contributed by atoms with van der Waals surface area (Å²) in [5, 5.41) is 11.8. The summed E-state index contributed by atoms with van der Waals surface area (Å²) >= 11 is 2.85. The first kappa shape index (κ1) is 49.9. The molecule has 0 fully saturated rings. The number of phosphoric ester groups is 1. The van der Waals surface area contributed by atoms with Gasteiger partial charge in [-0.1, -0.05) is 102 Å². The molecule has 338 valence electrons. The quantitative estimate of drug-likeness (QED) is 0.0376. The van der Waals surface area contributed by atoms with E-state index in [0.29, 0.717) is 0 Å². The zero-order chi connectivity index (χ0) is 45.5. The van der Waals surface area contributed by atoms with Crippen molar-refractivity contribution >= 4 is 54.5 Å². The van der Waals surface area contributed by atoms with Crippen molar-refractivity contribution in [3.63, 3.8) is 0 Å². The second-order valence-electron chi connectivity index (χ2n) is 16.6. The fourth-order valence-electron chi connectivity index (χ4n) is 6.41. The number of hydrogen-bond acceptors (Lipinski definition) is 12. The average Bonchev–Trinajstić information content (AvgIpc) is 3.91. The number of amides is 4. The first-order valence-electron chi connectivity index (χ1n) is 20.3. The maximum atomic E-state index is 14.3. The highest BCUT2D eigenvalue weighted by molar-refractivity contribution is 7.46. The van der Waals surface area contributed by atoms with Crippen LogP contribution in [0.25, 0.3) is 0 Å². The number of nitrogens with zero attached hydrogens (tertiary/aromatic N) is 3. The van der Waals surface area contributed by atoms with E-state index in [-0.39, 0.29) is 50.7 Å². The number of nitrogens with one attached hydrogen (secondary N) is 3. The van der Waals surface area contributed by atoms with Crippen LogP contribution in [0.15, 0.2) is 77.8 Å². The molecule has 19 heteroatoms. The molecular formula is C43H59N6O10PS2. The lowest BCUT2D eigenvalue weighted by atomic mass is 9.90. The van der Waals surface area contributed by atoms with Crippen molar-refractivity contribution in [1.29, 1.82) is 0 Å². The SMILES string of the molecule is CC(C)c1nc(CN(C)C(=O)N[C@H](C(=O)N[C@@H](Cc2ccccc2)C[C@H](OC(=O)CC(C)(C)COP(=O)(O)O)[C@H](Cc2ccccc2)NC(=O)OCc2cncs2)C(C)C)cs1. The molecule has 4 rings (SSSR count). The maximum absolute atomic E-state index is 14.3. The van der Waals surface area contributed by atoms with Crippen LogP contribution in [0, 0.1) is 11.3 Å². The molecule has 16 nitrogen and oxygen atoms in total. The van der Waals surface area contributed by atoms with E-state index in [2.05, 4.69) is 39.8 Å². The molecule has 4 atom stereocenters. The van der Waals surface area contributed by atoms with E-state index < -0.39 is 68.1 Å². The Morgan fingerprint density at radius 2 is 1.55 bits per heavy atom. The summed E-state index contributed by atoms with van der Waals surface area (Å²) in [5.74, 6) is -1.27. The Balaban J connectivity index is 1.65. The normalized spacial score (nSPS) is 13.8. The zero-order valence-electron chi connectivity index (χ0n) is 36.2. The van der Waals surface area contributed by atoms with Gasteiger partial charge in [0.1, 0.15) is 18.8 Å². The highest BCUT2D eigenvalue weighted by Gasteiger charge is 2.35. The summed E-state index contributed by atoms with van der Waals surface area (Å²) in [5.41, 5.74) is 2.97. The van der Waals surface area contributed by atoms with E-state index >= 15 is 0 Å². The number of carbonyl (C=O) groups is 4. The second-order valence-corrected chi connectivity index (χ2v) is 19.7. The average molecular weight is 915 g/mol. The molecule has 0 aliphatic heterocycles. The van der Waals surface area contributed by atoms with Gasteiger partial charge in [-0.2, -0.15) is 0 Å². The van der Waals surface area contributed by atoms with Gasteiger partial charge in [-0.05, 0) is 35.3 Å². The largest absolute Gasteiger partial charge is 0.469 e. The van der Waals surface area contributed by atoms with E-state index in [0.717, 1.165) is 26.7 Å². The van der Waals surface area contributed by atoms with Gasteiger partial charge in [-0.3, -0.25) is 19.1 Å². The van der Waals surface area contributed by atoms with Crippen LogP contribution < -0.4 is 16.0 Å². The number of hydrogen-bond donors (Lipinski definition) is 5. The Labute approximate surface area is 371 Å². The number of urea groups is 1. The van der Waals surface area contributed by atoms with Gasteiger partial charge in [0.2, 0.25) is 5.91 Å². The fourth-order valence-corrected chi connectivity index (χ4v) is 8.26. The van der Waals surface area contributed by atoms with E-state index in [4.69, 9.17) is 14.0 Å². The number of carbonyl (C=O) groups excluding carboxylic acids is 4. The maximum Gasteiger partial charge on any atom is 0.469 e. The summed E-state index contributed by atoms with van der Waals surface area (Å²) in [6.45, 7) is 10.7. The zero-order valence-corrected chi connectivity index (χ0v) is 38.7. The van der Waals surface area contributed by atoms with Crippen molar-refractivity contribution in [3.8, 4) is 0 Å². The third-order valence-corrected chi connectivity index (χ3v) is 12.0. The van der Waals surface area contributed by atoms with Gasteiger partial charge < -0.3 is 40.1 Å². The summed E-state index contributed by atoms with van der Waals surface area (Å²) in [6, 6.07) is 15.7. The molecule has 2 heterocycles. The van der Waals surface area contributed by atoms with Gasteiger partial charge in [0.25, 0.3) is 0 Å². The predicted octanol–water partition coefficient (Wildman–Crippen LogP) is 6.98. The Morgan fingerprint density at radius 3 is 2.11 bits per heavy atom. The van der Waals surface area contributed by atoms with E-state index in [1.807, 2.05) is 79.9 Å². The summed E-state index contributed by atoms with van der Waals surface area (Å²) in [4.78, 5) is 84.7. The van der Waals surface area contributed by atoms with Gasteiger partial charge in [0, 0.05) is 37.0 Å². The van der Waals surface area contributed by atoms with Gasteiger partial charge in [-0.15, -0.1) is 22.7 Å². The summed E-state index contributed by atoms with van der Waals surface area (Å²) in [6.07, 6.45) is -0.0906. The number of benzene rings is 2. The smallest absolute Gasteiger partial charge is 0.460 e. The fraction of sp³-hybridized carbons (Fsp3) is 0.488. The van der Waals surface area contributed by atoms with Crippen LogP contribution >= 0.6 is 30.5 Å². The topological polar surface area (TPSA) is 219 Å². The number of aromatic nitrogens is 2. The van der Waals surface area contributed by atoms with Crippen molar-refractivity contribution in [1.82, 2.24) is 30.8 Å². The third-order valence-electron chi connectivity index (χ3n) is 9.63. The van der Waals surface area contributed by atoms with Crippen LogP contribution in [0.4, 0.5) is 9.59 Å². The minimum Gasteiger partial charge on any atom is -0.460 e. The molecule has 0 aliphatic carbocycles. The van der Waals surface area contributed by atoms with Crippen molar-refractivity contribution < 1.29 is 47.5 Å². The molecule has 2 aromatic carbocycles. The van der Waals surface area contributed by atoms with E-state index in [1.165, 1.54) is 27.6 Å². The minimum absolute atomic E-state index is 0.000909. The van der Waals surface area contributed by atoms with Crippen molar-refractivity contribution in [2.24, 2.45) is 11.3 Å². The Kier molecular flexibility index (Phi) is 19.1. The molecule has 0 radical (unpaired) electrons. The van der Waals surface area contributed by atoms with E-state index in [9.17, 15) is 33.5 Å². The lowest BCUT2D eigenvalue weighted by Gasteiger charge is -2.33. The van der Waals surface area contributed by atoms with Crippen LogP contribution in [-0.4, -0.2) is 86.5 Å². The van der Waals surface area contributed by atoms with Crippen LogP contribution in [0.2, 0.25) is 0 Å². The molecule has 0 unspecified atom stereocenters. The minimum atomic E-state index is -4.83. The Bertz CT molecular complexity index is 2060.